The van der Waals surface area contributed by atoms with Gasteiger partial charge in [0.2, 0.25) is 0 Å². The molecule has 62 valence electrons. The third-order valence-corrected chi connectivity index (χ3v) is 1.42. The Morgan fingerprint density at radius 2 is 2.27 bits per heavy atom. The zero-order chi connectivity index (χ0) is 8.69. The van der Waals surface area contributed by atoms with Crippen LogP contribution in [-0.2, 0) is 0 Å². The maximum atomic E-state index is 3.90. The van der Waals surface area contributed by atoms with Gasteiger partial charge in [-0.25, -0.2) is 0 Å². The molecule has 0 aliphatic heterocycles. The molecule has 0 aliphatic rings. The third kappa shape index (κ3) is 4.51. The summed E-state index contributed by atoms with van der Waals surface area (Å²) < 4.78 is 0. The van der Waals surface area contributed by atoms with E-state index in [4.69, 9.17) is 0 Å². The van der Waals surface area contributed by atoms with Crippen molar-refractivity contribution in [3.05, 3.63) is 23.8 Å². The Labute approximate surface area is 68.7 Å². The maximum absolute atomic E-state index is 3.90. The number of likely N-dealkylation sites (N-methyl/N-ethyl adjacent to an activating group) is 1. The molecule has 0 aromatic rings. The lowest BCUT2D eigenvalue weighted by Gasteiger charge is -2.02. The topological polar surface area (TPSA) is 24.4 Å². The second kappa shape index (κ2) is 5.86. The van der Waals surface area contributed by atoms with Crippen LogP contribution >= 0.6 is 0 Å². The normalized spacial score (nSPS) is 12.5. The molecule has 0 fully saturated rings. The van der Waals surface area contributed by atoms with E-state index in [1.165, 1.54) is 5.57 Å². The predicted octanol–water partition coefficient (Wildman–Crippen LogP) is 1.41. The van der Waals surface area contributed by atoms with E-state index < -0.39 is 0 Å². The van der Waals surface area contributed by atoms with Gasteiger partial charge < -0.3 is 5.32 Å². The maximum Gasteiger partial charge on any atom is 0.0277 e. The second-order valence-corrected chi connectivity index (χ2v) is 2.39. The summed E-state index contributed by atoms with van der Waals surface area (Å²) in [5, 5.41) is 3.04. The summed E-state index contributed by atoms with van der Waals surface area (Å²) in [4.78, 5) is 3.86. The fourth-order valence-corrected chi connectivity index (χ4v) is 0.657. The Morgan fingerprint density at radius 1 is 1.64 bits per heavy atom. The van der Waals surface area contributed by atoms with E-state index in [0.717, 1.165) is 12.1 Å². The van der Waals surface area contributed by atoms with E-state index in [-0.39, 0.29) is 0 Å². The lowest BCUT2D eigenvalue weighted by atomic mass is 10.1. The van der Waals surface area contributed by atoms with Crippen LogP contribution in [0.4, 0.5) is 0 Å². The Balaban J connectivity index is 4.00. The Bertz CT molecular complexity index is 178. The summed E-state index contributed by atoms with van der Waals surface area (Å²) in [5.74, 6) is 0. The average Bonchev–Trinajstić information content (AvgIpc) is 2.00. The molecule has 0 rings (SSSR count). The number of nitrogens with one attached hydrogen (secondary N) is 1. The summed E-state index contributed by atoms with van der Waals surface area (Å²) in [6.45, 7) is 6.77. The van der Waals surface area contributed by atoms with E-state index >= 15 is 0 Å². The van der Waals surface area contributed by atoms with Crippen LogP contribution in [0.1, 0.15) is 6.92 Å². The van der Waals surface area contributed by atoms with Gasteiger partial charge in [-0.1, -0.05) is 6.58 Å². The minimum absolute atomic E-state index is 0.833. The van der Waals surface area contributed by atoms with Crippen LogP contribution in [0.3, 0.4) is 0 Å². The quantitative estimate of drug-likeness (QED) is 0.478. The van der Waals surface area contributed by atoms with Crippen molar-refractivity contribution in [2.45, 2.75) is 6.92 Å². The van der Waals surface area contributed by atoms with E-state index in [0.29, 0.717) is 0 Å². The SMILES string of the molecule is C=C(CNC)C(C)=CC=NC. The van der Waals surface area contributed by atoms with Gasteiger partial charge in [0, 0.05) is 19.8 Å². The monoisotopic (exact) mass is 152 g/mol. The molecule has 2 nitrogen and oxygen atoms in total. The number of aliphatic imine (C=N–C) groups is 1. The Kier molecular flexibility index (Phi) is 5.39. The molecular weight excluding hydrogens is 136 g/mol. The molecule has 0 aromatic heterocycles. The molecular formula is C9H16N2. The van der Waals surface area contributed by atoms with Gasteiger partial charge in [-0.3, -0.25) is 4.99 Å². The minimum Gasteiger partial charge on any atom is -0.316 e. The van der Waals surface area contributed by atoms with Crippen LogP contribution in [0.25, 0.3) is 0 Å². The smallest absolute Gasteiger partial charge is 0.0277 e. The van der Waals surface area contributed by atoms with Gasteiger partial charge in [0.05, 0.1) is 0 Å². The van der Waals surface area contributed by atoms with Crippen LogP contribution in [0.5, 0.6) is 0 Å². The highest BCUT2D eigenvalue weighted by atomic mass is 14.8. The number of hydrogen-bond acceptors (Lipinski definition) is 2. The first-order chi connectivity index (χ1) is 5.22. The van der Waals surface area contributed by atoms with Gasteiger partial charge in [-0.05, 0) is 31.2 Å². The molecule has 0 atom stereocenters. The van der Waals surface area contributed by atoms with Crippen LogP contribution in [-0.4, -0.2) is 26.9 Å². The van der Waals surface area contributed by atoms with Crippen molar-refractivity contribution < 1.29 is 0 Å². The van der Waals surface area contributed by atoms with Crippen LogP contribution in [0.15, 0.2) is 28.8 Å². The van der Waals surface area contributed by atoms with Gasteiger partial charge in [-0.15, -0.1) is 0 Å². The highest BCUT2D eigenvalue weighted by Gasteiger charge is 1.92. The van der Waals surface area contributed by atoms with Crippen LogP contribution in [0, 0.1) is 0 Å². The summed E-state index contributed by atoms with van der Waals surface area (Å²) >= 11 is 0. The third-order valence-electron chi connectivity index (χ3n) is 1.42. The molecule has 0 aromatic carbocycles. The molecule has 11 heavy (non-hydrogen) atoms. The lowest BCUT2D eigenvalue weighted by molar-refractivity contribution is 0.888. The number of rotatable bonds is 4. The highest BCUT2D eigenvalue weighted by molar-refractivity contribution is 5.73. The molecule has 0 unspecified atom stereocenters. The van der Waals surface area contributed by atoms with Crippen molar-refractivity contribution in [3.8, 4) is 0 Å². The number of nitrogens with zero attached hydrogens (tertiary/aromatic N) is 1. The Morgan fingerprint density at radius 3 is 2.73 bits per heavy atom. The van der Waals surface area contributed by atoms with E-state index in [9.17, 15) is 0 Å². The van der Waals surface area contributed by atoms with Gasteiger partial charge >= 0.3 is 0 Å². The van der Waals surface area contributed by atoms with Crippen molar-refractivity contribution in [1.82, 2.24) is 5.32 Å². The van der Waals surface area contributed by atoms with E-state index in [1.807, 2.05) is 20.0 Å². The molecule has 1 N–H and O–H groups in total. The summed E-state index contributed by atoms with van der Waals surface area (Å²) in [6, 6.07) is 0. The van der Waals surface area contributed by atoms with Gasteiger partial charge in [0.25, 0.3) is 0 Å². The van der Waals surface area contributed by atoms with Gasteiger partial charge in [0.1, 0.15) is 0 Å². The lowest BCUT2D eigenvalue weighted by Crippen LogP contribution is -2.10. The number of allylic oxidation sites excluding steroid dienone is 1. The first-order valence-electron chi connectivity index (χ1n) is 3.64. The first kappa shape index (κ1) is 10.1. The van der Waals surface area contributed by atoms with Gasteiger partial charge in [-0.2, -0.15) is 0 Å². The summed E-state index contributed by atoms with van der Waals surface area (Å²) in [7, 11) is 3.66. The molecule has 0 aliphatic carbocycles. The number of hydrogen-bond donors (Lipinski definition) is 1. The predicted molar refractivity (Wildman–Crippen MR) is 51.2 cm³/mol. The first-order valence-corrected chi connectivity index (χ1v) is 3.64. The largest absolute Gasteiger partial charge is 0.316 e. The zero-order valence-electron chi connectivity index (χ0n) is 7.52. The molecule has 0 saturated carbocycles. The van der Waals surface area contributed by atoms with Crippen LogP contribution < -0.4 is 5.32 Å². The fourth-order valence-electron chi connectivity index (χ4n) is 0.657. The van der Waals surface area contributed by atoms with E-state index in [2.05, 4.69) is 16.9 Å². The minimum atomic E-state index is 0.833. The fraction of sp³-hybridized carbons (Fsp3) is 0.444. The zero-order valence-corrected chi connectivity index (χ0v) is 7.52. The standard InChI is InChI=1S/C9H16N2/c1-8(5-6-10-3)9(2)7-11-4/h5-6,11H,2,7H2,1,3-4H3. The van der Waals surface area contributed by atoms with Crippen molar-refractivity contribution in [2.75, 3.05) is 20.6 Å². The average molecular weight is 152 g/mol. The van der Waals surface area contributed by atoms with E-state index in [1.54, 1.807) is 13.3 Å². The molecule has 0 radical (unpaired) electrons. The molecule has 0 saturated heterocycles. The second-order valence-electron chi connectivity index (χ2n) is 2.39. The molecule has 0 spiro atoms. The highest BCUT2D eigenvalue weighted by Crippen LogP contribution is 2.03. The van der Waals surface area contributed by atoms with Crippen LogP contribution in [0.2, 0.25) is 0 Å². The van der Waals surface area contributed by atoms with Gasteiger partial charge in [0.15, 0.2) is 0 Å². The molecule has 2 heteroatoms. The van der Waals surface area contributed by atoms with Crippen molar-refractivity contribution in [2.24, 2.45) is 4.99 Å². The van der Waals surface area contributed by atoms with Crippen molar-refractivity contribution in [1.29, 1.82) is 0 Å². The van der Waals surface area contributed by atoms with Crippen molar-refractivity contribution >= 4 is 6.21 Å². The summed E-state index contributed by atoms with van der Waals surface area (Å²) in [6.07, 6.45) is 3.73. The van der Waals surface area contributed by atoms with Crippen molar-refractivity contribution in [3.63, 3.8) is 0 Å². The molecule has 0 heterocycles. The molecule has 0 amide bonds. The summed E-state index contributed by atoms with van der Waals surface area (Å²) in [5.41, 5.74) is 2.28. The molecule has 0 bridgehead atoms. The Hall–Kier alpha value is -0.890.